The highest BCUT2D eigenvalue weighted by atomic mass is 19.1. The van der Waals surface area contributed by atoms with Crippen molar-refractivity contribution >= 4 is 5.91 Å². The molecule has 0 saturated heterocycles. The van der Waals surface area contributed by atoms with Crippen molar-refractivity contribution in [3.63, 3.8) is 0 Å². The Morgan fingerprint density at radius 2 is 1.85 bits per heavy atom. The summed E-state index contributed by atoms with van der Waals surface area (Å²) < 4.78 is 23.9. The number of aryl methyl sites for hydroxylation is 1. The Kier molecular flexibility index (Phi) is 6.14. The summed E-state index contributed by atoms with van der Waals surface area (Å²) >= 11 is 0. The van der Waals surface area contributed by atoms with E-state index in [0.29, 0.717) is 24.1 Å². The van der Waals surface area contributed by atoms with Crippen LogP contribution in [0.4, 0.5) is 4.39 Å². The number of aromatic nitrogens is 2. The molecule has 0 aliphatic heterocycles. The lowest BCUT2D eigenvalue weighted by Gasteiger charge is -2.08. The molecule has 0 aliphatic rings. The molecule has 7 heteroatoms. The second-order valence-electron chi connectivity index (χ2n) is 5.97. The molecule has 140 valence electrons. The van der Waals surface area contributed by atoms with Gasteiger partial charge >= 0.3 is 0 Å². The van der Waals surface area contributed by atoms with Gasteiger partial charge in [0.05, 0.1) is 0 Å². The number of benzene rings is 2. The Morgan fingerprint density at radius 1 is 1.11 bits per heavy atom. The number of ether oxygens (including phenoxy) is 1. The van der Waals surface area contributed by atoms with Gasteiger partial charge in [-0.15, -0.1) is 10.2 Å². The Labute approximate surface area is 156 Å². The summed E-state index contributed by atoms with van der Waals surface area (Å²) in [5.41, 5.74) is 1.61. The van der Waals surface area contributed by atoms with Gasteiger partial charge in [0.25, 0.3) is 5.91 Å². The van der Waals surface area contributed by atoms with Gasteiger partial charge in [0, 0.05) is 18.5 Å². The normalized spacial score (nSPS) is 10.6. The molecule has 3 rings (SSSR count). The molecule has 1 amide bonds. The molecule has 0 radical (unpaired) electrons. The number of nitrogens with one attached hydrogen (secondary N) is 1. The maximum absolute atomic E-state index is 12.8. The van der Waals surface area contributed by atoms with Gasteiger partial charge in [-0.2, -0.15) is 0 Å². The van der Waals surface area contributed by atoms with Crippen molar-refractivity contribution in [2.45, 2.75) is 26.3 Å². The minimum Gasteiger partial charge on any atom is -0.484 e. The Balaban J connectivity index is 1.47. The van der Waals surface area contributed by atoms with E-state index in [1.807, 2.05) is 6.92 Å². The first-order chi connectivity index (χ1) is 13.1. The molecule has 3 aromatic rings. The Bertz CT molecular complexity index is 876. The smallest absolute Gasteiger partial charge is 0.258 e. The highest BCUT2D eigenvalue weighted by Crippen LogP contribution is 2.21. The molecule has 1 heterocycles. The fraction of sp³-hybridized carbons (Fsp3) is 0.250. The van der Waals surface area contributed by atoms with Crippen LogP contribution in [-0.4, -0.2) is 22.7 Å². The fourth-order valence-corrected chi connectivity index (χ4v) is 2.38. The van der Waals surface area contributed by atoms with Gasteiger partial charge in [-0.1, -0.05) is 19.1 Å². The van der Waals surface area contributed by atoms with E-state index in [-0.39, 0.29) is 18.3 Å². The molecule has 0 saturated carbocycles. The van der Waals surface area contributed by atoms with E-state index in [0.717, 1.165) is 24.0 Å². The van der Waals surface area contributed by atoms with Crippen molar-refractivity contribution in [2.24, 2.45) is 0 Å². The second kappa shape index (κ2) is 8.93. The third kappa shape index (κ3) is 5.37. The maximum Gasteiger partial charge on any atom is 0.258 e. The molecular formula is C20H20FN3O3. The molecule has 27 heavy (non-hydrogen) atoms. The number of amides is 1. The van der Waals surface area contributed by atoms with E-state index in [4.69, 9.17) is 9.15 Å². The van der Waals surface area contributed by atoms with E-state index in [1.54, 1.807) is 36.4 Å². The fourth-order valence-electron chi connectivity index (χ4n) is 2.38. The largest absolute Gasteiger partial charge is 0.484 e. The van der Waals surface area contributed by atoms with E-state index in [9.17, 15) is 9.18 Å². The van der Waals surface area contributed by atoms with Crippen LogP contribution >= 0.6 is 0 Å². The number of rotatable bonds is 8. The summed E-state index contributed by atoms with van der Waals surface area (Å²) in [4.78, 5) is 11.9. The van der Waals surface area contributed by atoms with Crippen LogP contribution in [0, 0.1) is 5.82 Å². The third-order valence-corrected chi connectivity index (χ3v) is 3.80. The number of carbonyl (C=O) groups is 1. The van der Waals surface area contributed by atoms with Crippen molar-refractivity contribution in [1.82, 2.24) is 15.5 Å². The van der Waals surface area contributed by atoms with Gasteiger partial charge in [0.1, 0.15) is 11.6 Å². The minimum absolute atomic E-state index is 0.109. The summed E-state index contributed by atoms with van der Waals surface area (Å²) in [6.45, 7) is 2.26. The van der Waals surface area contributed by atoms with Crippen molar-refractivity contribution in [3.05, 3.63) is 65.8 Å². The quantitative estimate of drug-likeness (QED) is 0.657. The van der Waals surface area contributed by atoms with Crippen molar-refractivity contribution in [1.29, 1.82) is 0 Å². The standard InChI is InChI=1S/C20H20FN3O3/c1-2-3-19-23-24-20(27-19)15-6-10-17(11-7-15)26-13-18(25)22-12-14-4-8-16(21)9-5-14/h4-11H,2-3,12-13H2,1H3,(H,22,25). The number of carbonyl (C=O) groups excluding carboxylic acids is 1. The predicted molar refractivity (Wildman–Crippen MR) is 97.5 cm³/mol. The number of halogens is 1. The van der Waals surface area contributed by atoms with Gasteiger partial charge < -0.3 is 14.5 Å². The first-order valence-electron chi connectivity index (χ1n) is 8.71. The molecule has 0 bridgehead atoms. The van der Waals surface area contributed by atoms with Crippen LogP contribution in [0.3, 0.4) is 0 Å². The SMILES string of the molecule is CCCc1nnc(-c2ccc(OCC(=O)NCc3ccc(F)cc3)cc2)o1. The Morgan fingerprint density at radius 3 is 2.56 bits per heavy atom. The van der Waals surface area contributed by atoms with E-state index in [2.05, 4.69) is 15.5 Å². The molecule has 1 aromatic heterocycles. The minimum atomic E-state index is -0.307. The van der Waals surface area contributed by atoms with Crippen molar-refractivity contribution in [3.8, 4) is 17.2 Å². The highest BCUT2D eigenvalue weighted by molar-refractivity contribution is 5.77. The average Bonchev–Trinajstić information content (AvgIpc) is 3.15. The number of hydrogen-bond acceptors (Lipinski definition) is 5. The molecule has 0 atom stereocenters. The summed E-state index contributed by atoms with van der Waals surface area (Å²) in [7, 11) is 0. The molecule has 2 aromatic carbocycles. The van der Waals surface area contributed by atoms with Crippen LogP contribution in [0.15, 0.2) is 52.9 Å². The molecule has 1 N–H and O–H groups in total. The summed E-state index contributed by atoms with van der Waals surface area (Å²) in [5.74, 6) is 1.07. The lowest BCUT2D eigenvalue weighted by molar-refractivity contribution is -0.123. The van der Waals surface area contributed by atoms with Gasteiger partial charge in [-0.3, -0.25) is 4.79 Å². The molecule has 0 unspecified atom stereocenters. The topological polar surface area (TPSA) is 77.2 Å². The first kappa shape index (κ1) is 18.6. The van der Waals surface area contributed by atoms with E-state index in [1.165, 1.54) is 12.1 Å². The monoisotopic (exact) mass is 369 g/mol. The lowest BCUT2D eigenvalue weighted by Crippen LogP contribution is -2.28. The molecular weight excluding hydrogens is 349 g/mol. The molecule has 0 spiro atoms. The molecule has 6 nitrogen and oxygen atoms in total. The predicted octanol–water partition coefficient (Wildman–Crippen LogP) is 3.52. The highest BCUT2D eigenvalue weighted by Gasteiger charge is 2.09. The van der Waals surface area contributed by atoms with Crippen molar-refractivity contribution in [2.75, 3.05) is 6.61 Å². The molecule has 0 aliphatic carbocycles. The van der Waals surface area contributed by atoms with Crippen LogP contribution in [0.2, 0.25) is 0 Å². The average molecular weight is 369 g/mol. The number of hydrogen-bond donors (Lipinski definition) is 1. The lowest BCUT2D eigenvalue weighted by atomic mass is 10.2. The zero-order valence-corrected chi connectivity index (χ0v) is 14.9. The van der Waals surface area contributed by atoms with Gasteiger partial charge in [0.15, 0.2) is 6.61 Å². The van der Waals surface area contributed by atoms with Crippen LogP contribution in [-0.2, 0) is 17.8 Å². The summed E-state index contributed by atoms with van der Waals surface area (Å²) in [5, 5.41) is 10.7. The van der Waals surface area contributed by atoms with Crippen LogP contribution in [0.5, 0.6) is 5.75 Å². The van der Waals surface area contributed by atoms with Crippen molar-refractivity contribution < 1.29 is 18.3 Å². The molecule has 0 fully saturated rings. The zero-order valence-electron chi connectivity index (χ0n) is 14.9. The van der Waals surface area contributed by atoms with Gasteiger partial charge in [0.2, 0.25) is 11.8 Å². The maximum atomic E-state index is 12.8. The van der Waals surface area contributed by atoms with E-state index >= 15 is 0 Å². The van der Waals surface area contributed by atoms with Crippen LogP contribution < -0.4 is 10.1 Å². The number of nitrogens with zero attached hydrogens (tertiary/aromatic N) is 2. The summed E-state index contributed by atoms with van der Waals surface area (Å²) in [6.07, 6.45) is 1.69. The van der Waals surface area contributed by atoms with Crippen LogP contribution in [0.1, 0.15) is 24.8 Å². The summed E-state index contributed by atoms with van der Waals surface area (Å²) in [6, 6.07) is 13.0. The van der Waals surface area contributed by atoms with Crippen LogP contribution in [0.25, 0.3) is 11.5 Å². The first-order valence-corrected chi connectivity index (χ1v) is 8.71. The second-order valence-corrected chi connectivity index (χ2v) is 5.97. The van der Waals surface area contributed by atoms with Gasteiger partial charge in [-0.05, 0) is 48.4 Å². The van der Waals surface area contributed by atoms with E-state index < -0.39 is 0 Å². The third-order valence-electron chi connectivity index (χ3n) is 3.80. The van der Waals surface area contributed by atoms with Gasteiger partial charge in [-0.25, -0.2) is 4.39 Å². The zero-order chi connectivity index (χ0) is 19.1. The Hall–Kier alpha value is -3.22.